The van der Waals surface area contributed by atoms with Gasteiger partial charge in [-0.15, -0.1) is 0 Å². The average molecular weight is 247 g/mol. The lowest BCUT2D eigenvalue weighted by Gasteiger charge is -2.39. The van der Waals surface area contributed by atoms with Crippen molar-refractivity contribution in [2.75, 3.05) is 24.3 Å². The lowest BCUT2D eigenvalue weighted by molar-refractivity contribution is 0.393. The van der Waals surface area contributed by atoms with Gasteiger partial charge in [-0.3, -0.25) is 0 Å². The summed E-state index contributed by atoms with van der Waals surface area (Å²) in [4.78, 5) is 4.52. The average Bonchev–Trinajstić information content (AvgIpc) is 2.64. The van der Waals surface area contributed by atoms with E-state index in [9.17, 15) is 0 Å². The highest BCUT2D eigenvalue weighted by Crippen LogP contribution is 2.37. The summed E-state index contributed by atoms with van der Waals surface area (Å²) >= 11 is 0. The van der Waals surface area contributed by atoms with Crippen molar-refractivity contribution in [3.05, 3.63) is 12.1 Å². The molecule has 0 saturated heterocycles. The van der Waals surface area contributed by atoms with E-state index in [1.165, 1.54) is 38.5 Å². The molecule has 0 atom stereocenters. The molecule has 1 aromatic rings. The zero-order valence-corrected chi connectivity index (χ0v) is 11.0. The Labute approximate surface area is 108 Å². The third kappa shape index (κ3) is 2.11. The summed E-state index contributed by atoms with van der Waals surface area (Å²) in [7, 11) is 1.66. The van der Waals surface area contributed by atoms with E-state index in [4.69, 9.17) is 4.74 Å². The molecule has 0 aromatic carbocycles. The van der Waals surface area contributed by atoms with Crippen LogP contribution in [0.25, 0.3) is 0 Å². The molecular weight excluding hydrogens is 226 g/mol. The molecule has 2 N–H and O–H groups in total. The van der Waals surface area contributed by atoms with E-state index in [-0.39, 0.29) is 5.54 Å². The molecule has 1 aromatic heterocycles. The molecule has 2 aliphatic rings. The quantitative estimate of drug-likeness (QED) is 0.800. The highest BCUT2D eigenvalue weighted by Gasteiger charge is 2.34. The number of pyridine rings is 1. The summed E-state index contributed by atoms with van der Waals surface area (Å²) < 4.78 is 5.20. The standard InChI is InChI=1S/C14H21N3O/c1-18-12-7-6-11-13(16-12)17-14(10-15-11)8-4-2-3-5-9-14/h6-7,15H,2-5,8-10H2,1H3,(H,16,17). The van der Waals surface area contributed by atoms with Gasteiger partial charge >= 0.3 is 0 Å². The Morgan fingerprint density at radius 1 is 1.17 bits per heavy atom. The van der Waals surface area contributed by atoms with Gasteiger partial charge in [-0.25, -0.2) is 0 Å². The summed E-state index contributed by atoms with van der Waals surface area (Å²) in [6.07, 6.45) is 7.82. The molecule has 0 unspecified atom stereocenters. The van der Waals surface area contributed by atoms with Crippen LogP contribution in [0.15, 0.2) is 12.1 Å². The molecule has 1 fully saturated rings. The fraction of sp³-hybridized carbons (Fsp3) is 0.643. The number of fused-ring (bicyclic) bond motifs is 1. The molecule has 1 aliphatic heterocycles. The molecule has 2 heterocycles. The third-order valence-electron chi connectivity index (χ3n) is 4.14. The highest BCUT2D eigenvalue weighted by atomic mass is 16.5. The van der Waals surface area contributed by atoms with Gasteiger partial charge in [-0.1, -0.05) is 25.7 Å². The maximum atomic E-state index is 5.20. The Morgan fingerprint density at radius 2 is 1.94 bits per heavy atom. The second-order valence-corrected chi connectivity index (χ2v) is 5.42. The van der Waals surface area contributed by atoms with Crippen LogP contribution in [0.5, 0.6) is 5.88 Å². The van der Waals surface area contributed by atoms with Crippen molar-refractivity contribution in [3.63, 3.8) is 0 Å². The summed E-state index contributed by atoms with van der Waals surface area (Å²) in [6.45, 7) is 1.01. The topological polar surface area (TPSA) is 46.2 Å². The van der Waals surface area contributed by atoms with Gasteiger partial charge in [-0.2, -0.15) is 4.98 Å². The second-order valence-electron chi connectivity index (χ2n) is 5.42. The van der Waals surface area contributed by atoms with E-state index in [1.807, 2.05) is 12.1 Å². The summed E-state index contributed by atoms with van der Waals surface area (Å²) in [6, 6.07) is 3.94. The smallest absolute Gasteiger partial charge is 0.215 e. The van der Waals surface area contributed by atoms with Gasteiger partial charge in [-0.05, 0) is 18.9 Å². The monoisotopic (exact) mass is 247 g/mol. The van der Waals surface area contributed by atoms with Crippen molar-refractivity contribution in [1.82, 2.24) is 4.98 Å². The van der Waals surface area contributed by atoms with Gasteiger partial charge in [0, 0.05) is 12.6 Å². The molecule has 0 bridgehead atoms. The molecule has 1 aliphatic carbocycles. The van der Waals surface area contributed by atoms with E-state index in [0.29, 0.717) is 5.88 Å². The van der Waals surface area contributed by atoms with Crippen molar-refractivity contribution >= 4 is 11.5 Å². The summed E-state index contributed by atoms with van der Waals surface area (Å²) in [5, 5.41) is 7.20. The van der Waals surface area contributed by atoms with E-state index in [2.05, 4.69) is 15.6 Å². The van der Waals surface area contributed by atoms with Crippen LogP contribution in [-0.4, -0.2) is 24.2 Å². The molecule has 1 spiro atoms. The predicted molar refractivity (Wildman–Crippen MR) is 73.3 cm³/mol. The number of nitrogens with one attached hydrogen (secondary N) is 2. The second kappa shape index (κ2) is 4.67. The summed E-state index contributed by atoms with van der Waals surface area (Å²) in [5.41, 5.74) is 1.29. The number of rotatable bonds is 1. The first-order valence-corrected chi connectivity index (χ1v) is 6.88. The summed E-state index contributed by atoms with van der Waals surface area (Å²) in [5.74, 6) is 1.62. The number of ether oxygens (including phenoxy) is 1. The molecule has 4 nitrogen and oxygen atoms in total. The minimum absolute atomic E-state index is 0.197. The Kier molecular flexibility index (Phi) is 3.02. The van der Waals surface area contributed by atoms with Crippen LogP contribution in [-0.2, 0) is 0 Å². The largest absolute Gasteiger partial charge is 0.481 e. The van der Waals surface area contributed by atoms with Crippen molar-refractivity contribution in [2.24, 2.45) is 0 Å². The van der Waals surface area contributed by atoms with Crippen LogP contribution in [0.4, 0.5) is 11.5 Å². The van der Waals surface area contributed by atoms with Gasteiger partial charge in [0.05, 0.1) is 18.3 Å². The number of aromatic nitrogens is 1. The van der Waals surface area contributed by atoms with E-state index in [1.54, 1.807) is 7.11 Å². The fourth-order valence-corrected chi connectivity index (χ4v) is 3.06. The zero-order chi connectivity index (χ0) is 12.4. The third-order valence-corrected chi connectivity index (χ3v) is 4.14. The van der Waals surface area contributed by atoms with Crippen molar-refractivity contribution in [1.29, 1.82) is 0 Å². The minimum Gasteiger partial charge on any atom is -0.481 e. The van der Waals surface area contributed by atoms with Crippen LogP contribution in [0, 0.1) is 0 Å². The first-order valence-electron chi connectivity index (χ1n) is 6.88. The van der Waals surface area contributed by atoms with Crippen LogP contribution >= 0.6 is 0 Å². The molecule has 4 heteroatoms. The molecule has 3 rings (SSSR count). The lowest BCUT2D eigenvalue weighted by atomic mass is 9.88. The molecular formula is C14H21N3O. The Bertz CT molecular complexity index is 425. The Morgan fingerprint density at radius 3 is 2.67 bits per heavy atom. The zero-order valence-electron chi connectivity index (χ0n) is 11.0. The van der Waals surface area contributed by atoms with Crippen LogP contribution in [0.3, 0.4) is 0 Å². The van der Waals surface area contributed by atoms with E-state index in [0.717, 1.165) is 18.1 Å². The van der Waals surface area contributed by atoms with Crippen LogP contribution in [0.1, 0.15) is 38.5 Å². The highest BCUT2D eigenvalue weighted by molar-refractivity contribution is 5.69. The van der Waals surface area contributed by atoms with Gasteiger partial charge in [0.2, 0.25) is 5.88 Å². The fourth-order valence-electron chi connectivity index (χ4n) is 3.06. The number of hydrogen-bond donors (Lipinski definition) is 2. The normalized spacial score (nSPS) is 21.4. The molecule has 18 heavy (non-hydrogen) atoms. The SMILES string of the molecule is COc1ccc2c(n1)NC1(CCCCCC1)CN2. The van der Waals surface area contributed by atoms with Crippen molar-refractivity contribution in [3.8, 4) is 5.88 Å². The molecule has 1 saturated carbocycles. The molecule has 0 amide bonds. The molecule has 0 radical (unpaired) electrons. The first kappa shape index (κ1) is 11.6. The van der Waals surface area contributed by atoms with Crippen LogP contribution < -0.4 is 15.4 Å². The molecule has 98 valence electrons. The number of hydrogen-bond acceptors (Lipinski definition) is 4. The lowest BCUT2D eigenvalue weighted by Crippen LogP contribution is -2.47. The van der Waals surface area contributed by atoms with Gasteiger partial charge in [0.15, 0.2) is 5.82 Å². The van der Waals surface area contributed by atoms with Crippen LogP contribution in [0.2, 0.25) is 0 Å². The maximum Gasteiger partial charge on any atom is 0.215 e. The first-order chi connectivity index (χ1) is 8.81. The number of nitrogens with zero attached hydrogens (tertiary/aromatic N) is 1. The number of methoxy groups -OCH3 is 1. The van der Waals surface area contributed by atoms with Gasteiger partial charge < -0.3 is 15.4 Å². The van der Waals surface area contributed by atoms with E-state index < -0.39 is 0 Å². The minimum atomic E-state index is 0.197. The van der Waals surface area contributed by atoms with Crippen molar-refractivity contribution in [2.45, 2.75) is 44.1 Å². The van der Waals surface area contributed by atoms with E-state index >= 15 is 0 Å². The Balaban J connectivity index is 1.86. The van der Waals surface area contributed by atoms with Gasteiger partial charge in [0.1, 0.15) is 0 Å². The van der Waals surface area contributed by atoms with Gasteiger partial charge in [0.25, 0.3) is 0 Å². The number of anilines is 2. The Hall–Kier alpha value is -1.45. The van der Waals surface area contributed by atoms with Crippen molar-refractivity contribution < 1.29 is 4.74 Å². The predicted octanol–water partition coefficient (Wildman–Crippen LogP) is 3.02. The maximum absolute atomic E-state index is 5.20.